The van der Waals surface area contributed by atoms with Gasteiger partial charge >= 0.3 is 0 Å². The van der Waals surface area contributed by atoms with Gasteiger partial charge in [0.2, 0.25) is 11.8 Å². The third kappa shape index (κ3) is 5.36. The average Bonchev–Trinajstić information content (AvgIpc) is 2.74. The Labute approximate surface area is 177 Å². The van der Waals surface area contributed by atoms with Crippen LogP contribution in [0.1, 0.15) is 12.5 Å². The first-order valence-corrected chi connectivity index (χ1v) is 10.2. The molecule has 0 aromatic heterocycles. The second-order valence-corrected chi connectivity index (χ2v) is 7.76. The van der Waals surface area contributed by atoms with Gasteiger partial charge in [0.1, 0.15) is 5.82 Å². The fourth-order valence-electron chi connectivity index (χ4n) is 3.66. The van der Waals surface area contributed by atoms with Gasteiger partial charge in [-0.2, -0.15) is 0 Å². The van der Waals surface area contributed by atoms with Crippen molar-refractivity contribution in [1.29, 1.82) is 0 Å². The van der Waals surface area contributed by atoms with Crippen molar-refractivity contribution >= 4 is 23.2 Å². The van der Waals surface area contributed by atoms with Gasteiger partial charge in [0, 0.05) is 38.9 Å². The molecule has 160 valence electrons. The van der Waals surface area contributed by atoms with E-state index >= 15 is 0 Å². The van der Waals surface area contributed by atoms with Crippen molar-refractivity contribution in [3.8, 4) is 0 Å². The van der Waals surface area contributed by atoms with Gasteiger partial charge in [-0.1, -0.05) is 29.8 Å². The van der Waals surface area contributed by atoms with Gasteiger partial charge in [0.25, 0.3) is 0 Å². The first-order valence-electron chi connectivity index (χ1n) is 10.2. The largest absolute Gasteiger partial charge is 0.367 e. The van der Waals surface area contributed by atoms with E-state index in [1.807, 2.05) is 49.1 Å². The molecule has 2 aromatic rings. The van der Waals surface area contributed by atoms with Crippen LogP contribution in [0, 0.1) is 12.7 Å². The zero-order valence-corrected chi connectivity index (χ0v) is 17.8. The normalized spacial score (nSPS) is 15.5. The zero-order valence-electron chi connectivity index (χ0n) is 17.8. The van der Waals surface area contributed by atoms with Gasteiger partial charge in [0.05, 0.1) is 18.3 Å². The summed E-state index contributed by atoms with van der Waals surface area (Å²) in [6.45, 7) is 6.44. The molecule has 2 amide bonds. The van der Waals surface area contributed by atoms with E-state index in [1.54, 1.807) is 19.2 Å². The standard InChI is InChI=1S/C23H29FN4O2/c1-17-8-10-19(11-9-17)25-22(29)16-26(3)23(30)18(2)27-12-14-28(15-13-27)21-7-5-4-6-20(21)24/h4-11,18H,12-16H2,1-3H3,(H,25,29). The van der Waals surface area contributed by atoms with Gasteiger partial charge in [-0.05, 0) is 38.1 Å². The molecule has 0 spiro atoms. The number of halogens is 1. The Balaban J connectivity index is 1.49. The average molecular weight is 413 g/mol. The molecule has 30 heavy (non-hydrogen) atoms. The van der Waals surface area contributed by atoms with E-state index in [0.29, 0.717) is 37.6 Å². The number of aryl methyl sites for hydroxylation is 1. The summed E-state index contributed by atoms with van der Waals surface area (Å²) in [6.07, 6.45) is 0. The number of likely N-dealkylation sites (N-methyl/N-ethyl adjacent to an activating group) is 1. The molecule has 7 heteroatoms. The highest BCUT2D eigenvalue weighted by Crippen LogP contribution is 2.21. The first kappa shape index (κ1) is 21.8. The summed E-state index contributed by atoms with van der Waals surface area (Å²) in [5.41, 5.74) is 2.43. The number of para-hydroxylation sites is 1. The van der Waals surface area contributed by atoms with E-state index in [9.17, 15) is 14.0 Å². The molecular weight excluding hydrogens is 383 g/mol. The van der Waals surface area contributed by atoms with Crippen LogP contribution in [0.15, 0.2) is 48.5 Å². The third-order valence-electron chi connectivity index (χ3n) is 5.50. The SMILES string of the molecule is Cc1ccc(NC(=O)CN(C)C(=O)C(C)N2CCN(c3ccccc3F)CC2)cc1. The Morgan fingerprint density at radius 2 is 1.70 bits per heavy atom. The molecule has 0 aliphatic carbocycles. The van der Waals surface area contributed by atoms with Crippen LogP contribution < -0.4 is 10.2 Å². The number of hydrogen-bond acceptors (Lipinski definition) is 4. The van der Waals surface area contributed by atoms with Crippen molar-refractivity contribution in [2.45, 2.75) is 19.9 Å². The number of amides is 2. The number of rotatable bonds is 6. The van der Waals surface area contributed by atoms with E-state index in [1.165, 1.54) is 11.0 Å². The van der Waals surface area contributed by atoms with Crippen molar-refractivity contribution in [1.82, 2.24) is 9.80 Å². The maximum absolute atomic E-state index is 14.0. The zero-order chi connectivity index (χ0) is 21.7. The molecule has 1 unspecified atom stereocenters. The molecule has 3 rings (SSSR count). The van der Waals surface area contributed by atoms with Crippen LogP contribution >= 0.6 is 0 Å². The Morgan fingerprint density at radius 1 is 1.07 bits per heavy atom. The van der Waals surface area contributed by atoms with Crippen molar-refractivity contribution in [3.63, 3.8) is 0 Å². The maximum Gasteiger partial charge on any atom is 0.243 e. The van der Waals surface area contributed by atoms with Crippen LogP contribution in [0.25, 0.3) is 0 Å². The van der Waals surface area contributed by atoms with E-state index in [4.69, 9.17) is 0 Å². The molecule has 0 saturated carbocycles. The summed E-state index contributed by atoms with van der Waals surface area (Å²) in [5.74, 6) is -0.561. The van der Waals surface area contributed by atoms with Crippen molar-refractivity contribution in [2.24, 2.45) is 0 Å². The number of piperazine rings is 1. The highest BCUT2D eigenvalue weighted by atomic mass is 19.1. The molecule has 1 aliphatic rings. The van der Waals surface area contributed by atoms with Gasteiger partial charge in [-0.3, -0.25) is 14.5 Å². The summed E-state index contributed by atoms with van der Waals surface area (Å²) < 4.78 is 14.0. The first-order chi connectivity index (χ1) is 14.3. The number of nitrogens with one attached hydrogen (secondary N) is 1. The molecule has 0 bridgehead atoms. The van der Waals surface area contributed by atoms with E-state index in [-0.39, 0.29) is 30.2 Å². The van der Waals surface area contributed by atoms with Crippen LogP contribution in [0.2, 0.25) is 0 Å². The minimum absolute atomic E-state index is 0.00770. The van der Waals surface area contributed by atoms with Crippen molar-refractivity contribution in [3.05, 3.63) is 59.9 Å². The van der Waals surface area contributed by atoms with Crippen molar-refractivity contribution < 1.29 is 14.0 Å². The Morgan fingerprint density at radius 3 is 2.33 bits per heavy atom. The van der Waals surface area contributed by atoms with E-state index in [2.05, 4.69) is 10.2 Å². The molecule has 6 nitrogen and oxygen atoms in total. The molecular formula is C23H29FN4O2. The lowest BCUT2D eigenvalue weighted by Crippen LogP contribution is -2.54. The Bertz CT molecular complexity index is 879. The minimum atomic E-state index is -0.343. The van der Waals surface area contributed by atoms with Gasteiger partial charge < -0.3 is 15.1 Å². The minimum Gasteiger partial charge on any atom is -0.367 e. The maximum atomic E-state index is 14.0. The highest BCUT2D eigenvalue weighted by Gasteiger charge is 2.28. The van der Waals surface area contributed by atoms with E-state index in [0.717, 1.165) is 5.56 Å². The molecule has 1 atom stereocenters. The number of anilines is 2. The third-order valence-corrected chi connectivity index (χ3v) is 5.50. The predicted molar refractivity (Wildman–Crippen MR) is 117 cm³/mol. The fourth-order valence-corrected chi connectivity index (χ4v) is 3.66. The molecule has 1 heterocycles. The van der Waals surface area contributed by atoms with Crippen LogP contribution in [0.3, 0.4) is 0 Å². The number of carbonyl (C=O) groups is 2. The Hall–Kier alpha value is -2.93. The second kappa shape index (κ2) is 9.71. The van der Waals surface area contributed by atoms with Crippen LogP contribution in [-0.2, 0) is 9.59 Å². The van der Waals surface area contributed by atoms with E-state index < -0.39 is 0 Å². The smallest absolute Gasteiger partial charge is 0.243 e. The number of hydrogen-bond donors (Lipinski definition) is 1. The molecule has 2 aromatic carbocycles. The lowest BCUT2D eigenvalue weighted by atomic mass is 10.2. The summed E-state index contributed by atoms with van der Waals surface area (Å²) in [5, 5.41) is 2.81. The molecule has 1 saturated heterocycles. The summed E-state index contributed by atoms with van der Waals surface area (Å²) in [7, 11) is 1.64. The lowest BCUT2D eigenvalue weighted by molar-refractivity contribution is -0.137. The highest BCUT2D eigenvalue weighted by molar-refractivity contribution is 5.95. The summed E-state index contributed by atoms with van der Waals surface area (Å²) in [4.78, 5) is 30.6. The van der Waals surface area contributed by atoms with Gasteiger partial charge in [0.15, 0.2) is 0 Å². The number of benzene rings is 2. The van der Waals surface area contributed by atoms with Crippen LogP contribution in [-0.4, -0.2) is 67.4 Å². The topological polar surface area (TPSA) is 55.9 Å². The van der Waals surface area contributed by atoms with Crippen molar-refractivity contribution in [2.75, 3.05) is 50.0 Å². The molecule has 1 N–H and O–H groups in total. The lowest BCUT2D eigenvalue weighted by Gasteiger charge is -2.39. The molecule has 1 aliphatic heterocycles. The second-order valence-electron chi connectivity index (χ2n) is 7.76. The Kier molecular flexibility index (Phi) is 7.05. The van der Waals surface area contributed by atoms with Gasteiger partial charge in [-0.25, -0.2) is 4.39 Å². The number of nitrogens with zero attached hydrogens (tertiary/aromatic N) is 3. The van der Waals surface area contributed by atoms with Crippen LogP contribution in [0.5, 0.6) is 0 Å². The summed E-state index contributed by atoms with van der Waals surface area (Å²) >= 11 is 0. The number of carbonyl (C=O) groups excluding carboxylic acids is 2. The summed E-state index contributed by atoms with van der Waals surface area (Å²) in [6, 6.07) is 13.9. The molecule has 0 radical (unpaired) electrons. The monoisotopic (exact) mass is 412 g/mol. The van der Waals surface area contributed by atoms with Crippen LogP contribution in [0.4, 0.5) is 15.8 Å². The predicted octanol–water partition coefficient (Wildman–Crippen LogP) is 2.74. The fraction of sp³-hybridized carbons (Fsp3) is 0.391. The van der Waals surface area contributed by atoms with Gasteiger partial charge in [-0.15, -0.1) is 0 Å². The molecule has 1 fully saturated rings. The quantitative estimate of drug-likeness (QED) is 0.793.